The fraction of sp³-hybridized carbons (Fsp3) is 0.214. The molecule has 1 N–H and O–H groups in total. The molecule has 2 rings (SSSR count). The zero-order chi connectivity index (χ0) is 14.9. The number of carboxylic acids is 1. The highest BCUT2D eigenvalue weighted by atomic mass is 79.9. The van der Waals surface area contributed by atoms with E-state index >= 15 is 0 Å². The average Bonchev–Trinajstić information content (AvgIpc) is 2.67. The van der Waals surface area contributed by atoms with Crippen LogP contribution in [0.15, 0.2) is 29.3 Å². The minimum absolute atomic E-state index is 0.193. The van der Waals surface area contributed by atoms with Crippen LogP contribution in [0.25, 0.3) is 10.9 Å². The number of hydrogen-bond donors (Lipinski definition) is 1. The maximum Gasteiger partial charge on any atom is 0.325 e. The number of fused-ring (bicyclic) bond motifs is 1. The second kappa shape index (κ2) is 5.58. The summed E-state index contributed by atoms with van der Waals surface area (Å²) in [6.45, 7) is 4.83. The van der Waals surface area contributed by atoms with Crippen LogP contribution in [-0.2, 0) is 17.8 Å². The lowest BCUT2D eigenvalue weighted by Crippen LogP contribution is -2.11. The molecule has 5 nitrogen and oxygen atoms in total. The van der Waals surface area contributed by atoms with Crippen molar-refractivity contribution < 1.29 is 14.7 Å². The summed E-state index contributed by atoms with van der Waals surface area (Å²) in [7, 11) is 0. The summed E-state index contributed by atoms with van der Waals surface area (Å²) in [5.74, 6) is -1.20. The Morgan fingerprint density at radius 1 is 1.50 bits per heavy atom. The smallest absolute Gasteiger partial charge is 0.325 e. The Balaban J connectivity index is 2.81. The molecular weight excluding hydrogens is 324 g/mol. The first-order chi connectivity index (χ1) is 9.43. The number of benzene rings is 1. The fourth-order valence-electron chi connectivity index (χ4n) is 2.18. The summed E-state index contributed by atoms with van der Waals surface area (Å²) in [5, 5.41) is 13.8. The molecule has 0 radical (unpaired) electrons. The molecule has 20 heavy (non-hydrogen) atoms. The third-order valence-corrected chi connectivity index (χ3v) is 3.33. The predicted octanol–water partition coefficient (Wildman–Crippen LogP) is 2.81. The molecule has 0 fully saturated rings. The van der Waals surface area contributed by atoms with Gasteiger partial charge >= 0.3 is 5.97 Å². The molecule has 2 aromatic rings. The van der Waals surface area contributed by atoms with Gasteiger partial charge in [0.2, 0.25) is 0 Å². The zero-order valence-corrected chi connectivity index (χ0v) is 12.5. The molecule has 0 spiro atoms. The highest BCUT2D eigenvalue weighted by Crippen LogP contribution is 2.28. The molecule has 0 atom stereocenters. The van der Waals surface area contributed by atoms with E-state index in [4.69, 9.17) is 5.11 Å². The molecule has 0 aliphatic rings. The zero-order valence-electron chi connectivity index (χ0n) is 10.9. The van der Waals surface area contributed by atoms with Gasteiger partial charge in [0.15, 0.2) is 5.78 Å². The van der Waals surface area contributed by atoms with E-state index in [1.54, 1.807) is 12.1 Å². The van der Waals surface area contributed by atoms with Crippen LogP contribution in [-0.4, -0.2) is 26.6 Å². The first-order valence-electron chi connectivity index (χ1n) is 5.96. The Hall–Kier alpha value is -1.95. The molecule has 0 bridgehead atoms. The van der Waals surface area contributed by atoms with Gasteiger partial charge in [0.05, 0.1) is 5.52 Å². The average molecular weight is 337 g/mol. The second-order valence-corrected chi connectivity index (χ2v) is 5.33. The monoisotopic (exact) mass is 336 g/mol. The highest BCUT2D eigenvalue weighted by molar-refractivity contribution is 9.10. The molecule has 0 saturated heterocycles. The first-order valence-corrected chi connectivity index (χ1v) is 6.76. The predicted molar refractivity (Wildman–Crippen MR) is 79.0 cm³/mol. The molecule has 0 saturated carbocycles. The largest absolute Gasteiger partial charge is 0.480 e. The van der Waals surface area contributed by atoms with Crippen molar-refractivity contribution in [3.63, 3.8) is 0 Å². The van der Waals surface area contributed by atoms with Crippen molar-refractivity contribution in [1.82, 2.24) is 9.78 Å². The quantitative estimate of drug-likeness (QED) is 0.673. The van der Waals surface area contributed by atoms with E-state index in [9.17, 15) is 9.59 Å². The van der Waals surface area contributed by atoms with Gasteiger partial charge in [-0.05, 0) is 24.1 Å². The van der Waals surface area contributed by atoms with Crippen molar-refractivity contribution in [2.75, 3.05) is 0 Å². The number of halogens is 1. The highest BCUT2D eigenvalue weighted by Gasteiger charge is 2.18. The Bertz CT molecular complexity index is 719. The summed E-state index contributed by atoms with van der Waals surface area (Å²) >= 11 is 3.40. The molecule has 0 aliphatic carbocycles. The van der Waals surface area contributed by atoms with Crippen molar-refractivity contribution in [2.45, 2.75) is 19.9 Å². The van der Waals surface area contributed by atoms with Crippen LogP contribution in [0.4, 0.5) is 0 Å². The number of rotatable bonds is 5. The number of hydrogen-bond acceptors (Lipinski definition) is 3. The number of allylic oxidation sites excluding steroid dienone is 1. The van der Waals surface area contributed by atoms with Crippen LogP contribution in [0.3, 0.4) is 0 Å². The van der Waals surface area contributed by atoms with Gasteiger partial charge in [0.25, 0.3) is 0 Å². The van der Waals surface area contributed by atoms with Gasteiger partial charge < -0.3 is 5.11 Å². The molecule has 0 unspecified atom stereocenters. The van der Waals surface area contributed by atoms with Crippen molar-refractivity contribution in [2.24, 2.45) is 0 Å². The minimum atomic E-state index is -1.00. The minimum Gasteiger partial charge on any atom is -0.480 e. The second-order valence-electron chi connectivity index (χ2n) is 4.41. The number of carbonyl (C=O) groups excluding carboxylic acids is 1. The lowest BCUT2D eigenvalue weighted by molar-refractivity contribution is -0.137. The van der Waals surface area contributed by atoms with E-state index in [0.29, 0.717) is 17.3 Å². The van der Waals surface area contributed by atoms with Crippen LogP contribution < -0.4 is 0 Å². The van der Waals surface area contributed by atoms with E-state index < -0.39 is 5.97 Å². The topological polar surface area (TPSA) is 72.2 Å². The van der Waals surface area contributed by atoms with Crippen molar-refractivity contribution in [1.29, 1.82) is 0 Å². The number of carboxylic acid groups (broad SMARTS) is 1. The third-order valence-electron chi connectivity index (χ3n) is 2.87. The summed E-state index contributed by atoms with van der Waals surface area (Å²) in [6.07, 6.45) is 2.30. The van der Waals surface area contributed by atoms with Crippen molar-refractivity contribution in [3.8, 4) is 0 Å². The van der Waals surface area contributed by atoms with Gasteiger partial charge in [0, 0.05) is 16.8 Å². The Morgan fingerprint density at radius 2 is 2.20 bits per heavy atom. The number of nitrogens with zero attached hydrogens (tertiary/aromatic N) is 2. The molecular formula is C14H13BrN2O3. The van der Waals surface area contributed by atoms with Crippen molar-refractivity contribution >= 4 is 38.6 Å². The molecule has 0 aliphatic heterocycles. The summed E-state index contributed by atoms with van der Waals surface area (Å²) < 4.78 is 2.18. The van der Waals surface area contributed by atoms with E-state index in [-0.39, 0.29) is 18.0 Å². The van der Waals surface area contributed by atoms with Gasteiger partial charge in [-0.25, -0.2) is 0 Å². The number of ketones is 1. The van der Waals surface area contributed by atoms with Gasteiger partial charge in [-0.3, -0.25) is 14.3 Å². The van der Waals surface area contributed by atoms with Crippen LogP contribution >= 0.6 is 15.9 Å². The van der Waals surface area contributed by atoms with Crippen LogP contribution in [0.2, 0.25) is 0 Å². The van der Waals surface area contributed by atoms with Crippen LogP contribution in [0.5, 0.6) is 0 Å². The first kappa shape index (κ1) is 14.5. The van der Waals surface area contributed by atoms with E-state index in [1.165, 1.54) is 11.6 Å². The maximum atomic E-state index is 11.7. The number of aromatic nitrogens is 2. The van der Waals surface area contributed by atoms with Gasteiger partial charge in [0.1, 0.15) is 12.2 Å². The lowest BCUT2D eigenvalue weighted by atomic mass is 10.1. The number of carbonyl (C=O) groups is 2. The molecule has 1 heterocycles. The Morgan fingerprint density at radius 3 is 2.75 bits per heavy atom. The normalized spacial score (nSPS) is 10.7. The maximum absolute atomic E-state index is 11.7. The van der Waals surface area contributed by atoms with Gasteiger partial charge in [-0.2, -0.15) is 5.10 Å². The summed E-state index contributed by atoms with van der Waals surface area (Å²) in [5.41, 5.74) is 1.83. The lowest BCUT2D eigenvalue weighted by Gasteiger charge is -2.05. The third kappa shape index (κ3) is 2.65. The molecule has 6 heteroatoms. The van der Waals surface area contributed by atoms with Crippen LogP contribution in [0, 0.1) is 0 Å². The SMILES string of the molecule is C=CCc1cc(Br)cc2c(C(C)=O)nn(CC(=O)O)c12. The molecule has 0 amide bonds. The summed E-state index contributed by atoms with van der Waals surface area (Å²) in [6, 6.07) is 3.66. The van der Waals surface area contributed by atoms with E-state index in [0.717, 1.165) is 10.0 Å². The van der Waals surface area contributed by atoms with Crippen molar-refractivity contribution in [3.05, 3.63) is 40.5 Å². The Labute approximate surface area is 124 Å². The summed E-state index contributed by atoms with van der Waals surface area (Å²) in [4.78, 5) is 22.6. The van der Waals surface area contributed by atoms with Crippen LogP contribution in [0.1, 0.15) is 23.0 Å². The number of Topliss-reactive ketones (excluding diaryl/α,β-unsaturated/α-hetero) is 1. The fourth-order valence-corrected chi connectivity index (χ4v) is 2.68. The molecule has 1 aromatic carbocycles. The standard InChI is InChI=1S/C14H13BrN2O3/c1-3-4-9-5-10(15)6-11-13(8(2)18)16-17(14(9)11)7-12(19)20/h3,5-6H,1,4,7H2,2H3,(H,19,20). The van der Waals surface area contributed by atoms with E-state index in [2.05, 4.69) is 27.6 Å². The molecule has 1 aromatic heterocycles. The van der Waals surface area contributed by atoms with Gasteiger partial charge in [-0.15, -0.1) is 6.58 Å². The van der Waals surface area contributed by atoms with E-state index in [1.807, 2.05) is 6.07 Å². The Kier molecular flexibility index (Phi) is 4.04. The van der Waals surface area contributed by atoms with Gasteiger partial charge in [-0.1, -0.05) is 22.0 Å². The number of aliphatic carboxylic acids is 1. The molecule has 104 valence electrons.